The molecule has 0 bridgehead atoms. The van der Waals surface area contributed by atoms with Crippen LogP contribution in [0.2, 0.25) is 5.02 Å². The van der Waals surface area contributed by atoms with E-state index in [9.17, 15) is 4.79 Å². The van der Waals surface area contributed by atoms with Crippen molar-refractivity contribution < 1.29 is 4.79 Å². The second kappa shape index (κ2) is 5.38. The molecule has 0 radical (unpaired) electrons. The lowest BCUT2D eigenvalue weighted by Crippen LogP contribution is -1.95. The number of halogens is 2. The van der Waals surface area contributed by atoms with Gasteiger partial charge >= 0.3 is 0 Å². The smallest absolute Gasteiger partial charge is 0.129 e. The van der Waals surface area contributed by atoms with Crippen LogP contribution in [0.1, 0.15) is 30.7 Å². The summed E-state index contributed by atoms with van der Waals surface area (Å²) in [4.78, 5) is 10.8. The molecule has 0 saturated carbocycles. The third-order valence-electron chi connectivity index (χ3n) is 1.96. The van der Waals surface area contributed by atoms with Crippen molar-refractivity contribution in [3.05, 3.63) is 34.9 Å². The Balaban J connectivity index is 2.60. The van der Waals surface area contributed by atoms with Gasteiger partial charge in [0, 0.05) is 11.4 Å². The van der Waals surface area contributed by atoms with Gasteiger partial charge in [0.2, 0.25) is 0 Å². The zero-order chi connectivity index (χ0) is 10.6. The molecule has 0 spiro atoms. The summed E-state index contributed by atoms with van der Waals surface area (Å²) in [5, 5.41) is 0.550. The van der Waals surface area contributed by atoms with Crippen LogP contribution in [-0.4, -0.2) is 5.78 Å². The Bertz CT molecular complexity index is 323. The normalized spacial score (nSPS) is 12.5. The largest absolute Gasteiger partial charge is 0.300 e. The first-order valence-corrected chi connectivity index (χ1v) is 5.30. The minimum atomic E-state index is -0.127. The van der Waals surface area contributed by atoms with Crippen LogP contribution in [0.5, 0.6) is 0 Å². The van der Waals surface area contributed by atoms with E-state index in [0.717, 1.165) is 5.56 Å². The van der Waals surface area contributed by atoms with Gasteiger partial charge in [-0.15, -0.1) is 11.6 Å². The van der Waals surface area contributed by atoms with Gasteiger partial charge in [0.15, 0.2) is 0 Å². The maximum Gasteiger partial charge on any atom is 0.129 e. The molecule has 1 aromatic carbocycles. The van der Waals surface area contributed by atoms with E-state index in [1.54, 1.807) is 13.0 Å². The highest BCUT2D eigenvalue weighted by atomic mass is 35.5. The van der Waals surface area contributed by atoms with Crippen molar-refractivity contribution in [3.8, 4) is 0 Å². The Morgan fingerprint density at radius 3 is 2.79 bits per heavy atom. The van der Waals surface area contributed by atoms with Gasteiger partial charge in [-0.1, -0.05) is 23.7 Å². The molecule has 0 aliphatic carbocycles. The van der Waals surface area contributed by atoms with Crippen LogP contribution in [0.3, 0.4) is 0 Å². The molecule has 1 unspecified atom stereocenters. The summed E-state index contributed by atoms with van der Waals surface area (Å²) >= 11 is 11.9. The Kier molecular flexibility index (Phi) is 4.43. The van der Waals surface area contributed by atoms with Crippen LogP contribution >= 0.6 is 23.2 Å². The predicted octanol–water partition coefficient (Wildman–Crippen LogP) is 3.99. The van der Waals surface area contributed by atoms with Crippen LogP contribution < -0.4 is 0 Å². The van der Waals surface area contributed by atoms with Gasteiger partial charge in [-0.2, -0.15) is 0 Å². The van der Waals surface area contributed by atoms with E-state index in [0.29, 0.717) is 17.9 Å². The van der Waals surface area contributed by atoms with Crippen molar-refractivity contribution >= 4 is 29.0 Å². The number of carbonyl (C=O) groups is 1. The Morgan fingerprint density at radius 1 is 1.50 bits per heavy atom. The van der Waals surface area contributed by atoms with E-state index in [2.05, 4.69) is 0 Å². The third kappa shape index (κ3) is 3.69. The van der Waals surface area contributed by atoms with E-state index in [-0.39, 0.29) is 11.2 Å². The number of benzene rings is 1. The summed E-state index contributed by atoms with van der Waals surface area (Å²) < 4.78 is 0. The second-order valence-corrected chi connectivity index (χ2v) is 4.23. The molecule has 0 saturated heterocycles. The predicted molar refractivity (Wildman–Crippen MR) is 60.0 cm³/mol. The topological polar surface area (TPSA) is 17.1 Å². The fraction of sp³-hybridized carbons (Fsp3) is 0.364. The number of hydrogen-bond acceptors (Lipinski definition) is 1. The summed E-state index contributed by atoms with van der Waals surface area (Å²) in [5.74, 6) is 0.165. The standard InChI is InChI=1S/C11H12Cl2O/c1-8(14)5-6-11(13)9-3-2-4-10(12)7-9/h2-4,7,11H,5-6H2,1H3. The van der Waals surface area contributed by atoms with Gasteiger partial charge in [0.25, 0.3) is 0 Å². The summed E-state index contributed by atoms with van der Waals surface area (Å²) in [6, 6.07) is 7.42. The highest BCUT2D eigenvalue weighted by Crippen LogP contribution is 2.27. The molecule has 1 aromatic rings. The molecule has 0 aromatic heterocycles. The van der Waals surface area contributed by atoms with Crippen molar-refractivity contribution in [2.75, 3.05) is 0 Å². The van der Waals surface area contributed by atoms with Crippen molar-refractivity contribution in [2.24, 2.45) is 0 Å². The molecule has 1 rings (SSSR count). The zero-order valence-electron chi connectivity index (χ0n) is 7.97. The molecular formula is C11H12Cl2O. The lowest BCUT2D eigenvalue weighted by Gasteiger charge is -2.08. The summed E-state index contributed by atoms with van der Waals surface area (Å²) in [6.45, 7) is 1.57. The molecule has 1 atom stereocenters. The molecular weight excluding hydrogens is 219 g/mol. The van der Waals surface area contributed by atoms with E-state index in [1.165, 1.54) is 0 Å². The average molecular weight is 231 g/mol. The SMILES string of the molecule is CC(=O)CCC(Cl)c1cccc(Cl)c1. The summed E-state index contributed by atoms with van der Waals surface area (Å²) in [7, 11) is 0. The molecule has 0 aliphatic rings. The van der Waals surface area contributed by atoms with E-state index >= 15 is 0 Å². The highest BCUT2D eigenvalue weighted by molar-refractivity contribution is 6.30. The number of rotatable bonds is 4. The maximum absolute atomic E-state index is 10.8. The van der Waals surface area contributed by atoms with Gasteiger partial charge in [-0.25, -0.2) is 0 Å². The summed E-state index contributed by atoms with van der Waals surface area (Å²) in [5.41, 5.74) is 0.973. The lowest BCUT2D eigenvalue weighted by atomic mass is 10.1. The number of hydrogen-bond donors (Lipinski definition) is 0. The minimum Gasteiger partial charge on any atom is -0.300 e. The quantitative estimate of drug-likeness (QED) is 0.716. The molecule has 14 heavy (non-hydrogen) atoms. The monoisotopic (exact) mass is 230 g/mol. The minimum absolute atomic E-state index is 0.127. The Hall–Kier alpha value is -0.530. The van der Waals surface area contributed by atoms with Gasteiger partial charge in [-0.05, 0) is 31.0 Å². The molecule has 0 fully saturated rings. The summed E-state index contributed by atoms with van der Waals surface area (Å²) in [6.07, 6.45) is 1.18. The number of Topliss-reactive ketones (excluding diaryl/α,β-unsaturated/α-hetero) is 1. The van der Waals surface area contributed by atoms with Crippen LogP contribution in [-0.2, 0) is 4.79 Å². The lowest BCUT2D eigenvalue weighted by molar-refractivity contribution is -0.117. The molecule has 1 nitrogen and oxygen atoms in total. The van der Waals surface area contributed by atoms with Crippen molar-refractivity contribution in [3.63, 3.8) is 0 Å². The van der Waals surface area contributed by atoms with Crippen LogP contribution in [0, 0.1) is 0 Å². The molecule has 0 aliphatic heterocycles. The fourth-order valence-electron chi connectivity index (χ4n) is 1.20. The first-order valence-electron chi connectivity index (χ1n) is 4.48. The van der Waals surface area contributed by atoms with E-state index in [1.807, 2.05) is 18.2 Å². The van der Waals surface area contributed by atoms with Gasteiger partial charge < -0.3 is 4.79 Å². The van der Waals surface area contributed by atoms with E-state index < -0.39 is 0 Å². The molecule has 0 N–H and O–H groups in total. The Labute approximate surface area is 94.0 Å². The maximum atomic E-state index is 10.8. The van der Waals surface area contributed by atoms with E-state index in [4.69, 9.17) is 23.2 Å². The van der Waals surface area contributed by atoms with Gasteiger partial charge in [0.1, 0.15) is 5.78 Å². The van der Waals surface area contributed by atoms with Gasteiger partial charge in [-0.3, -0.25) is 0 Å². The van der Waals surface area contributed by atoms with Gasteiger partial charge in [0.05, 0.1) is 5.38 Å². The van der Waals surface area contributed by atoms with Crippen LogP contribution in [0.15, 0.2) is 24.3 Å². The number of alkyl halides is 1. The van der Waals surface area contributed by atoms with Crippen molar-refractivity contribution in [1.82, 2.24) is 0 Å². The number of ketones is 1. The average Bonchev–Trinajstić information content (AvgIpc) is 2.14. The van der Waals surface area contributed by atoms with Crippen LogP contribution in [0.4, 0.5) is 0 Å². The van der Waals surface area contributed by atoms with Crippen molar-refractivity contribution in [1.29, 1.82) is 0 Å². The first kappa shape index (κ1) is 11.5. The number of carbonyl (C=O) groups excluding carboxylic acids is 1. The fourth-order valence-corrected chi connectivity index (χ4v) is 1.64. The van der Waals surface area contributed by atoms with Crippen molar-refractivity contribution in [2.45, 2.75) is 25.1 Å². The second-order valence-electron chi connectivity index (χ2n) is 3.26. The zero-order valence-corrected chi connectivity index (χ0v) is 9.48. The third-order valence-corrected chi connectivity index (χ3v) is 2.67. The highest BCUT2D eigenvalue weighted by Gasteiger charge is 2.08. The molecule has 0 amide bonds. The molecule has 3 heteroatoms. The first-order chi connectivity index (χ1) is 6.59. The molecule has 0 heterocycles. The molecule has 76 valence electrons. The Morgan fingerprint density at radius 2 is 2.21 bits per heavy atom. The van der Waals surface area contributed by atoms with Crippen LogP contribution in [0.25, 0.3) is 0 Å².